The number of hydrogen-bond acceptors (Lipinski definition) is 7. The Kier molecular flexibility index (Phi) is 6.78. The number of methoxy groups -OCH3 is 1. The molecule has 0 aliphatic heterocycles. The van der Waals surface area contributed by atoms with Crippen LogP contribution in [0.4, 0.5) is 11.6 Å². The molecule has 0 aliphatic rings. The average Bonchev–Trinajstić information content (AvgIpc) is 3.22. The molecule has 0 saturated carbocycles. The van der Waals surface area contributed by atoms with Gasteiger partial charge in [-0.25, -0.2) is 23.1 Å². The highest BCUT2D eigenvalue weighted by Crippen LogP contribution is 2.18. The first kappa shape index (κ1) is 20.7. The zero-order valence-electron chi connectivity index (χ0n) is 15.7. The quantitative estimate of drug-likeness (QED) is 0.537. The Morgan fingerprint density at radius 2 is 1.86 bits per heavy atom. The van der Waals surface area contributed by atoms with Crippen molar-refractivity contribution in [3.63, 3.8) is 0 Å². The van der Waals surface area contributed by atoms with Crippen LogP contribution in [0.15, 0.2) is 59.1 Å². The van der Waals surface area contributed by atoms with Gasteiger partial charge in [-0.3, -0.25) is 4.79 Å². The molecule has 10 heteroatoms. The third-order valence-corrected chi connectivity index (χ3v) is 6.23. The number of carbonyl (C=O) groups is 1. The first-order chi connectivity index (χ1) is 14.0. The lowest BCUT2D eigenvalue weighted by Crippen LogP contribution is -2.15. The third kappa shape index (κ3) is 6.00. The second-order valence-electron chi connectivity index (χ2n) is 6.06. The van der Waals surface area contributed by atoms with Crippen LogP contribution in [0.2, 0.25) is 0 Å². The summed E-state index contributed by atoms with van der Waals surface area (Å²) in [6.45, 7) is 0. The summed E-state index contributed by atoms with van der Waals surface area (Å²) in [4.78, 5) is 21.1. The number of nitrogens with zero attached hydrogens (tertiary/aromatic N) is 2. The number of ether oxygens (including phenoxy) is 1. The fourth-order valence-electron chi connectivity index (χ4n) is 2.47. The van der Waals surface area contributed by atoms with Crippen molar-refractivity contribution in [2.24, 2.45) is 0 Å². The number of carbonyl (C=O) groups excluding carboxylic acids is 1. The van der Waals surface area contributed by atoms with Gasteiger partial charge in [0.1, 0.15) is 0 Å². The molecule has 0 aliphatic carbocycles. The molecule has 0 radical (unpaired) electrons. The first-order valence-corrected chi connectivity index (χ1v) is 11.1. The maximum Gasteiger partial charge on any atom is 0.264 e. The van der Waals surface area contributed by atoms with Crippen LogP contribution in [0.1, 0.15) is 17.7 Å². The van der Waals surface area contributed by atoms with Gasteiger partial charge in [-0.1, -0.05) is 6.07 Å². The Hall–Kier alpha value is -2.98. The molecule has 1 aromatic carbocycles. The van der Waals surface area contributed by atoms with E-state index in [0.717, 1.165) is 12.8 Å². The van der Waals surface area contributed by atoms with Gasteiger partial charge in [0.05, 0.1) is 24.4 Å². The molecular weight excluding hydrogens is 412 g/mol. The monoisotopic (exact) mass is 432 g/mol. The summed E-state index contributed by atoms with van der Waals surface area (Å²) < 4.78 is 32.1. The molecule has 1 amide bonds. The number of hydrogen-bond donors (Lipinski definition) is 2. The van der Waals surface area contributed by atoms with E-state index in [1.807, 2.05) is 17.5 Å². The highest BCUT2D eigenvalue weighted by Gasteiger charge is 2.16. The molecule has 2 heterocycles. The van der Waals surface area contributed by atoms with Crippen LogP contribution >= 0.6 is 11.3 Å². The van der Waals surface area contributed by atoms with Crippen molar-refractivity contribution in [1.82, 2.24) is 9.97 Å². The first-order valence-electron chi connectivity index (χ1n) is 8.77. The van der Waals surface area contributed by atoms with Crippen molar-refractivity contribution >= 4 is 38.9 Å². The van der Waals surface area contributed by atoms with E-state index in [-0.39, 0.29) is 16.8 Å². The number of aryl methyl sites for hydroxylation is 1. The Morgan fingerprint density at radius 3 is 2.48 bits per heavy atom. The van der Waals surface area contributed by atoms with E-state index in [0.29, 0.717) is 17.9 Å². The smallest absolute Gasteiger partial charge is 0.264 e. The number of amides is 1. The van der Waals surface area contributed by atoms with Crippen molar-refractivity contribution in [3.8, 4) is 5.75 Å². The zero-order valence-corrected chi connectivity index (χ0v) is 17.3. The molecule has 2 N–H and O–H groups in total. The van der Waals surface area contributed by atoms with Gasteiger partial charge >= 0.3 is 0 Å². The second-order valence-corrected chi connectivity index (χ2v) is 8.77. The largest absolute Gasteiger partial charge is 0.494 e. The highest BCUT2D eigenvalue weighted by atomic mass is 32.2. The lowest BCUT2D eigenvalue weighted by molar-refractivity contribution is -0.116. The summed E-state index contributed by atoms with van der Waals surface area (Å²) in [6.07, 6.45) is 4.74. The van der Waals surface area contributed by atoms with Crippen molar-refractivity contribution in [3.05, 3.63) is 59.0 Å². The van der Waals surface area contributed by atoms with Gasteiger partial charge in [-0.2, -0.15) is 0 Å². The lowest BCUT2D eigenvalue weighted by Gasteiger charge is -2.09. The summed E-state index contributed by atoms with van der Waals surface area (Å²) in [7, 11) is -2.38. The van der Waals surface area contributed by atoms with E-state index in [9.17, 15) is 13.2 Å². The summed E-state index contributed by atoms with van der Waals surface area (Å²) >= 11 is 1.68. The molecule has 0 unspecified atom stereocenters. The Balaban J connectivity index is 1.54. The molecule has 8 nitrogen and oxygen atoms in total. The Labute approximate surface area is 173 Å². The molecule has 152 valence electrons. The SMILES string of the molecule is COc1cnc(NS(=O)(=O)c2ccc(NC(=O)CCCc3cccs3)cc2)nc1. The molecule has 0 bridgehead atoms. The maximum atomic E-state index is 12.4. The second kappa shape index (κ2) is 9.48. The van der Waals surface area contributed by atoms with Gasteiger partial charge in [0.15, 0.2) is 5.75 Å². The number of nitrogens with one attached hydrogen (secondary N) is 2. The number of aromatic nitrogens is 2. The molecular formula is C19H20N4O4S2. The standard InChI is InChI=1S/C19H20N4O4S2/c1-27-15-12-20-19(21-13-15)23-29(25,26)17-9-7-14(8-10-17)22-18(24)6-2-4-16-5-3-11-28-16/h3,5,7-13H,2,4,6H2,1H3,(H,22,24)(H,20,21,23). The summed E-state index contributed by atoms with van der Waals surface area (Å²) in [5, 5.41) is 4.79. The van der Waals surface area contributed by atoms with Gasteiger partial charge in [0.25, 0.3) is 10.0 Å². The maximum absolute atomic E-state index is 12.4. The van der Waals surface area contributed by atoms with Crippen molar-refractivity contribution in [2.45, 2.75) is 24.2 Å². The molecule has 0 saturated heterocycles. The predicted molar refractivity (Wildman–Crippen MR) is 112 cm³/mol. The summed E-state index contributed by atoms with van der Waals surface area (Å²) in [5.74, 6) is 0.249. The van der Waals surface area contributed by atoms with Crippen molar-refractivity contribution in [1.29, 1.82) is 0 Å². The fourth-order valence-corrected chi connectivity index (χ4v) is 4.18. The van der Waals surface area contributed by atoms with Crippen LogP contribution in [0.25, 0.3) is 0 Å². The Morgan fingerprint density at radius 1 is 1.14 bits per heavy atom. The van der Waals surface area contributed by atoms with E-state index in [4.69, 9.17) is 4.74 Å². The van der Waals surface area contributed by atoms with Crippen LogP contribution in [0, 0.1) is 0 Å². The van der Waals surface area contributed by atoms with Crippen molar-refractivity contribution < 1.29 is 17.9 Å². The van der Waals surface area contributed by atoms with Crippen LogP contribution < -0.4 is 14.8 Å². The van der Waals surface area contributed by atoms with Gasteiger partial charge in [0, 0.05) is 17.0 Å². The van der Waals surface area contributed by atoms with E-state index >= 15 is 0 Å². The lowest BCUT2D eigenvalue weighted by atomic mass is 10.2. The minimum absolute atomic E-state index is 0.0348. The third-order valence-electron chi connectivity index (χ3n) is 3.94. The molecule has 0 fully saturated rings. The average molecular weight is 433 g/mol. The van der Waals surface area contributed by atoms with Gasteiger partial charge in [-0.05, 0) is 48.6 Å². The molecule has 0 spiro atoms. The van der Waals surface area contributed by atoms with E-state index in [1.54, 1.807) is 23.5 Å². The predicted octanol–water partition coefficient (Wildman–Crippen LogP) is 3.31. The Bertz CT molecular complexity index is 1030. The topological polar surface area (TPSA) is 110 Å². The van der Waals surface area contributed by atoms with Crippen LogP contribution in [0.5, 0.6) is 5.75 Å². The fraction of sp³-hybridized carbons (Fsp3) is 0.211. The minimum atomic E-state index is -3.84. The number of benzene rings is 1. The highest BCUT2D eigenvalue weighted by molar-refractivity contribution is 7.92. The molecule has 3 rings (SSSR count). The van der Waals surface area contributed by atoms with Crippen LogP contribution in [-0.2, 0) is 21.2 Å². The number of sulfonamides is 1. The van der Waals surface area contributed by atoms with Crippen LogP contribution in [-0.4, -0.2) is 31.4 Å². The minimum Gasteiger partial charge on any atom is -0.494 e. The van der Waals surface area contributed by atoms with Gasteiger partial charge < -0.3 is 10.1 Å². The van der Waals surface area contributed by atoms with Crippen LogP contribution in [0.3, 0.4) is 0 Å². The summed E-state index contributed by atoms with van der Waals surface area (Å²) in [6, 6.07) is 9.94. The molecule has 29 heavy (non-hydrogen) atoms. The molecule has 2 aromatic heterocycles. The van der Waals surface area contributed by atoms with E-state index in [2.05, 4.69) is 20.0 Å². The van der Waals surface area contributed by atoms with E-state index < -0.39 is 10.0 Å². The molecule has 3 aromatic rings. The normalized spacial score (nSPS) is 11.1. The van der Waals surface area contributed by atoms with E-state index in [1.165, 1.54) is 36.5 Å². The number of rotatable bonds is 9. The number of thiophene rings is 1. The van der Waals surface area contributed by atoms with Gasteiger partial charge in [-0.15, -0.1) is 11.3 Å². The van der Waals surface area contributed by atoms with Crippen molar-refractivity contribution in [2.75, 3.05) is 17.1 Å². The van der Waals surface area contributed by atoms with Gasteiger partial charge in [0.2, 0.25) is 11.9 Å². The zero-order chi connectivity index (χ0) is 20.7. The molecule has 0 atom stereocenters. The summed E-state index contributed by atoms with van der Waals surface area (Å²) in [5.41, 5.74) is 0.533. The number of anilines is 2.